The second kappa shape index (κ2) is 14.5. The Morgan fingerprint density at radius 3 is 1.77 bits per heavy atom. The fourth-order valence-corrected chi connectivity index (χ4v) is 6.97. The third-order valence-corrected chi connectivity index (χ3v) is 9.31. The molecule has 2 aromatic carbocycles. The average Bonchev–Trinajstić information content (AvgIpc) is 2.80. The van der Waals surface area contributed by atoms with Gasteiger partial charge < -0.3 is 0 Å². The molecule has 2 rings (SSSR count). The quantitative estimate of drug-likeness (QED) is 0.194. The van der Waals surface area contributed by atoms with Crippen molar-refractivity contribution in [3.8, 4) is 0 Å². The summed E-state index contributed by atoms with van der Waals surface area (Å²) in [4.78, 5) is 13.3. The van der Waals surface area contributed by atoms with E-state index in [0.29, 0.717) is 11.3 Å². The number of sulfone groups is 1. The number of rotatable bonds is 16. The van der Waals surface area contributed by atoms with Crippen LogP contribution in [0.5, 0.6) is 0 Å². The molecule has 1 atom stereocenters. The summed E-state index contributed by atoms with van der Waals surface area (Å²) in [6.07, 6.45) is 12.3. The Labute approximate surface area is 193 Å². The van der Waals surface area contributed by atoms with Crippen molar-refractivity contribution in [2.24, 2.45) is 0 Å². The van der Waals surface area contributed by atoms with E-state index in [2.05, 4.69) is 6.92 Å². The normalized spacial score (nSPS) is 12.5. The fourth-order valence-electron chi connectivity index (χ4n) is 3.56. The minimum absolute atomic E-state index is 0.208. The predicted molar refractivity (Wildman–Crippen MR) is 132 cm³/mol. The molecule has 0 aromatic heterocycles. The molecular weight excluding hydrogens is 424 g/mol. The molecule has 0 amide bonds. The molecule has 0 aliphatic rings. The maximum Gasteiger partial charge on any atom is 0.198 e. The first-order chi connectivity index (χ1) is 15.1. The number of unbranched alkanes of at least 4 members (excludes halogenated alkanes) is 9. The summed E-state index contributed by atoms with van der Waals surface area (Å²) in [5, 5.41) is 0. The SMILES string of the molecule is CCCCCCCCCCCCSC(C(=O)c1ccccc1)S(=O)(=O)c1ccccc1. The van der Waals surface area contributed by atoms with E-state index < -0.39 is 14.4 Å². The number of benzene rings is 2. The van der Waals surface area contributed by atoms with Gasteiger partial charge in [0.05, 0.1) is 4.90 Å². The van der Waals surface area contributed by atoms with E-state index in [0.717, 1.165) is 12.8 Å². The molecule has 0 bridgehead atoms. The molecule has 3 nitrogen and oxygen atoms in total. The molecular formula is C26H36O3S2. The van der Waals surface area contributed by atoms with E-state index in [1.54, 1.807) is 54.6 Å². The first-order valence-electron chi connectivity index (χ1n) is 11.6. The molecule has 0 N–H and O–H groups in total. The van der Waals surface area contributed by atoms with Gasteiger partial charge in [-0.25, -0.2) is 8.42 Å². The van der Waals surface area contributed by atoms with E-state index >= 15 is 0 Å². The molecule has 0 fully saturated rings. The molecule has 0 aliphatic heterocycles. The lowest BCUT2D eigenvalue weighted by Crippen LogP contribution is -2.28. The van der Waals surface area contributed by atoms with Crippen LogP contribution in [0.15, 0.2) is 65.6 Å². The Balaban J connectivity index is 1.87. The van der Waals surface area contributed by atoms with Gasteiger partial charge in [-0.1, -0.05) is 113 Å². The fraction of sp³-hybridized carbons (Fsp3) is 0.500. The lowest BCUT2D eigenvalue weighted by atomic mass is 10.1. The number of Topliss-reactive ketones (excluding diaryl/α,β-unsaturated/α-hetero) is 1. The second-order valence-electron chi connectivity index (χ2n) is 7.97. The average molecular weight is 461 g/mol. The molecule has 0 saturated heterocycles. The number of hydrogen-bond acceptors (Lipinski definition) is 4. The first-order valence-corrected chi connectivity index (χ1v) is 14.2. The number of carbonyl (C=O) groups is 1. The zero-order chi connectivity index (χ0) is 22.4. The Hall–Kier alpha value is -1.59. The maximum atomic E-state index is 13.2. The summed E-state index contributed by atoms with van der Waals surface area (Å²) in [6.45, 7) is 2.24. The largest absolute Gasteiger partial charge is 0.292 e. The Kier molecular flexibility index (Phi) is 12.0. The van der Waals surface area contributed by atoms with Gasteiger partial charge in [0, 0.05) is 5.56 Å². The third kappa shape index (κ3) is 8.82. The first kappa shape index (κ1) is 25.7. The van der Waals surface area contributed by atoms with Crippen LogP contribution in [0.1, 0.15) is 81.5 Å². The Morgan fingerprint density at radius 1 is 0.742 bits per heavy atom. The molecule has 0 spiro atoms. The van der Waals surface area contributed by atoms with Gasteiger partial charge in [0.25, 0.3) is 0 Å². The molecule has 0 aliphatic carbocycles. The summed E-state index contributed by atoms with van der Waals surface area (Å²) in [6, 6.07) is 17.1. The number of ketones is 1. The van der Waals surface area contributed by atoms with E-state index in [1.165, 1.54) is 63.1 Å². The van der Waals surface area contributed by atoms with E-state index in [9.17, 15) is 13.2 Å². The van der Waals surface area contributed by atoms with Gasteiger partial charge in [-0.3, -0.25) is 4.79 Å². The van der Waals surface area contributed by atoms with Crippen LogP contribution in [0.2, 0.25) is 0 Å². The molecule has 0 radical (unpaired) electrons. The molecule has 5 heteroatoms. The van der Waals surface area contributed by atoms with Crippen molar-refractivity contribution >= 4 is 27.4 Å². The summed E-state index contributed by atoms with van der Waals surface area (Å²) in [7, 11) is -3.75. The van der Waals surface area contributed by atoms with Crippen LogP contribution < -0.4 is 0 Å². The Morgan fingerprint density at radius 2 is 1.23 bits per heavy atom. The van der Waals surface area contributed by atoms with Crippen molar-refractivity contribution in [1.82, 2.24) is 0 Å². The minimum Gasteiger partial charge on any atom is -0.292 e. The van der Waals surface area contributed by atoms with Crippen molar-refractivity contribution in [2.45, 2.75) is 80.6 Å². The summed E-state index contributed by atoms with van der Waals surface area (Å²) in [5.74, 6) is 0.341. The van der Waals surface area contributed by atoms with Crippen molar-refractivity contribution in [2.75, 3.05) is 5.75 Å². The highest BCUT2D eigenvalue weighted by atomic mass is 32.3. The van der Waals surface area contributed by atoms with Crippen LogP contribution in [0.25, 0.3) is 0 Å². The highest BCUT2D eigenvalue weighted by Crippen LogP contribution is 2.29. The van der Waals surface area contributed by atoms with Gasteiger partial charge >= 0.3 is 0 Å². The standard InChI is InChI=1S/C26H36O3S2/c1-2-3-4-5-6-7-8-9-10-17-22-30-26(25(27)23-18-13-11-14-19-23)31(28,29)24-20-15-12-16-21-24/h11-16,18-21,26H,2-10,17,22H2,1H3. The molecule has 1 unspecified atom stereocenters. The van der Waals surface area contributed by atoms with Gasteiger partial charge in [0.1, 0.15) is 0 Å². The molecule has 31 heavy (non-hydrogen) atoms. The highest BCUT2D eigenvalue weighted by molar-refractivity contribution is 8.14. The lowest BCUT2D eigenvalue weighted by Gasteiger charge is -2.17. The highest BCUT2D eigenvalue weighted by Gasteiger charge is 2.34. The smallest absolute Gasteiger partial charge is 0.198 e. The summed E-state index contributed by atoms with van der Waals surface area (Å²) >= 11 is 1.27. The van der Waals surface area contributed by atoms with Crippen LogP contribution in [-0.2, 0) is 9.84 Å². The number of hydrogen-bond donors (Lipinski definition) is 0. The molecule has 0 heterocycles. The number of carbonyl (C=O) groups excluding carboxylic acids is 1. The van der Waals surface area contributed by atoms with Crippen LogP contribution in [0.3, 0.4) is 0 Å². The zero-order valence-corrected chi connectivity index (χ0v) is 20.3. The lowest BCUT2D eigenvalue weighted by molar-refractivity contribution is 0.101. The number of thioether (sulfide) groups is 1. The third-order valence-electron chi connectivity index (χ3n) is 5.39. The molecule has 0 saturated carbocycles. The summed E-state index contributed by atoms with van der Waals surface area (Å²) < 4.78 is 25.3. The maximum absolute atomic E-state index is 13.2. The van der Waals surface area contributed by atoms with Crippen LogP contribution in [0.4, 0.5) is 0 Å². The van der Waals surface area contributed by atoms with Crippen LogP contribution in [0, 0.1) is 0 Å². The van der Waals surface area contributed by atoms with Gasteiger partial charge in [0.15, 0.2) is 20.2 Å². The Bertz CT molecular complexity index is 849. The van der Waals surface area contributed by atoms with Crippen molar-refractivity contribution in [3.05, 3.63) is 66.2 Å². The minimum atomic E-state index is -3.75. The van der Waals surface area contributed by atoms with E-state index in [-0.39, 0.29) is 10.7 Å². The van der Waals surface area contributed by atoms with Crippen LogP contribution >= 0.6 is 11.8 Å². The second-order valence-corrected chi connectivity index (χ2v) is 11.5. The van der Waals surface area contributed by atoms with Crippen molar-refractivity contribution in [1.29, 1.82) is 0 Å². The summed E-state index contributed by atoms with van der Waals surface area (Å²) in [5.41, 5.74) is 0.447. The van der Waals surface area contributed by atoms with Gasteiger partial charge in [-0.2, -0.15) is 0 Å². The topological polar surface area (TPSA) is 51.2 Å². The zero-order valence-electron chi connectivity index (χ0n) is 18.7. The van der Waals surface area contributed by atoms with Gasteiger partial charge in [-0.15, -0.1) is 11.8 Å². The molecule has 2 aromatic rings. The van der Waals surface area contributed by atoms with Gasteiger partial charge in [0.2, 0.25) is 0 Å². The predicted octanol–water partition coefficient (Wildman–Crippen LogP) is 7.32. The van der Waals surface area contributed by atoms with E-state index in [4.69, 9.17) is 0 Å². The van der Waals surface area contributed by atoms with Crippen molar-refractivity contribution < 1.29 is 13.2 Å². The van der Waals surface area contributed by atoms with Crippen molar-refractivity contribution in [3.63, 3.8) is 0 Å². The van der Waals surface area contributed by atoms with E-state index in [1.807, 2.05) is 6.07 Å². The molecule has 170 valence electrons. The monoisotopic (exact) mass is 460 g/mol. The van der Waals surface area contributed by atoms with Gasteiger partial charge in [-0.05, 0) is 24.3 Å². The van der Waals surface area contributed by atoms with Crippen LogP contribution in [-0.4, -0.2) is 24.5 Å².